The minimum absolute atomic E-state index is 0.0479. The second-order valence-electron chi connectivity index (χ2n) is 3.95. The van der Waals surface area contributed by atoms with Crippen LogP contribution in [0.1, 0.15) is 18.9 Å². The second kappa shape index (κ2) is 5.67. The van der Waals surface area contributed by atoms with Crippen LogP contribution in [0.4, 0.5) is 5.13 Å². The van der Waals surface area contributed by atoms with Gasteiger partial charge in [-0.1, -0.05) is 50.1 Å². The quantitative estimate of drug-likeness (QED) is 0.783. The van der Waals surface area contributed by atoms with E-state index in [0.29, 0.717) is 5.13 Å². The lowest BCUT2D eigenvalue weighted by Crippen LogP contribution is -2.21. The zero-order valence-electron chi connectivity index (χ0n) is 9.96. The summed E-state index contributed by atoms with van der Waals surface area (Å²) >= 11 is 8.28. The number of aryl methyl sites for hydroxylation is 1. The van der Waals surface area contributed by atoms with Crippen molar-refractivity contribution in [3.05, 3.63) is 22.2 Å². The molecule has 1 unspecified atom stereocenters. The maximum Gasteiger partial charge on any atom is 0.239 e. The zero-order valence-corrected chi connectivity index (χ0v) is 13.9. The van der Waals surface area contributed by atoms with Crippen LogP contribution in [-0.4, -0.2) is 15.7 Å². The van der Waals surface area contributed by atoms with E-state index in [-0.39, 0.29) is 10.7 Å². The van der Waals surface area contributed by atoms with Crippen LogP contribution in [0.2, 0.25) is 0 Å². The number of hydrogen-bond acceptors (Lipinski definition) is 3. The first-order chi connectivity index (χ1) is 8.51. The molecule has 0 saturated heterocycles. The molecule has 2 aromatic rings. The number of nitrogens with one attached hydrogen (secondary N) is 1. The van der Waals surface area contributed by atoms with Crippen molar-refractivity contribution in [1.82, 2.24) is 4.98 Å². The highest BCUT2D eigenvalue weighted by Gasteiger charge is 2.15. The SMILES string of the molecule is CCC(Br)C(=O)Nc1nc2c(C)cc(Br)cc2s1. The Morgan fingerprint density at radius 2 is 2.28 bits per heavy atom. The average molecular weight is 392 g/mol. The van der Waals surface area contributed by atoms with E-state index in [4.69, 9.17) is 0 Å². The van der Waals surface area contributed by atoms with Gasteiger partial charge in [0.1, 0.15) is 0 Å². The predicted octanol–water partition coefficient (Wildman–Crippen LogP) is 4.48. The summed E-state index contributed by atoms with van der Waals surface area (Å²) in [6.07, 6.45) is 0.751. The van der Waals surface area contributed by atoms with Gasteiger partial charge in [0, 0.05) is 4.47 Å². The first-order valence-corrected chi connectivity index (χ1v) is 8.05. The summed E-state index contributed by atoms with van der Waals surface area (Å²) in [7, 11) is 0. The summed E-state index contributed by atoms with van der Waals surface area (Å²) in [4.78, 5) is 16.1. The Bertz CT molecular complexity index is 597. The largest absolute Gasteiger partial charge is 0.301 e. The molecule has 2 rings (SSSR count). The third-order valence-electron chi connectivity index (χ3n) is 2.52. The number of halogens is 2. The maximum atomic E-state index is 11.8. The molecule has 6 heteroatoms. The second-order valence-corrected chi connectivity index (χ2v) is 7.01. The number of hydrogen-bond donors (Lipinski definition) is 1. The molecule has 1 aromatic heterocycles. The van der Waals surface area contributed by atoms with Crippen LogP contribution in [0, 0.1) is 6.92 Å². The lowest BCUT2D eigenvalue weighted by Gasteiger charge is -2.04. The molecule has 0 bridgehead atoms. The molecule has 0 saturated carbocycles. The van der Waals surface area contributed by atoms with Crippen molar-refractivity contribution in [3.8, 4) is 0 Å². The van der Waals surface area contributed by atoms with Crippen LogP contribution in [-0.2, 0) is 4.79 Å². The predicted molar refractivity (Wildman–Crippen MR) is 83.7 cm³/mol. The topological polar surface area (TPSA) is 42.0 Å². The molecular weight excluding hydrogens is 380 g/mol. The van der Waals surface area contributed by atoms with Gasteiger partial charge in [0.15, 0.2) is 5.13 Å². The van der Waals surface area contributed by atoms with Crippen molar-refractivity contribution in [2.45, 2.75) is 25.1 Å². The number of aromatic nitrogens is 1. The number of carbonyl (C=O) groups excluding carboxylic acids is 1. The molecule has 0 spiro atoms. The zero-order chi connectivity index (χ0) is 13.3. The molecule has 0 aliphatic heterocycles. The Hall–Kier alpha value is -0.460. The molecule has 1 atom stereocenters. The summed E-state index contributed by atoms with van der Waals surface area (Å²) in [5, 5.41) is 3.48. The number of benzene rings is 1. The normalized spacial score (nSPS) is 12.7. The lowest BCUT2D eigenvalue weighted by atomic mass is 10.2. The summed E-state index contributed by atoms with van der Waals surface area (Å²) in [5.41, 5.74) is 2.04. The van der Waals surface area contributed by atoms with Crippen LogP contribution >= 0.6 is 43.2 Å². The molecule has 96 valence electrons. The molecule has 1 heterocycles. The molecule has 0 aliphatic carbocycles. The van der Waals surface area contributed by atoms with Crippen molar-refractivity contribution in [2.75, 3.05) is 5.32 Å². The van der Waals surface area contributed by atoms with Gasteiger partial charge in [-0.3, -0.25) is 4.79 Å². The van der Waals surface area contributed by atoms with Crippen molar-refractivity contribution < 1.29 is 4.79 Å². The Morgan fingerprint density at radius 1 is 1.56 bits per heavy atom. The highest BCUT2D eigenvalue weighted by atomic mass is 79.9. The van der Waals surface area contributed by atoms with Crippen LogP contribution in [0.5, 0.6) is 0 Å². The molecule has 0 fully saturated rings. The molecular formula is C12H12Br2N2OS. The van der Waals surface area contributed by atoms with Crippen molar-refractivity contribution in [3.63, 3.8) is 0 Å². The van der Waals surface area contributed by atoms with Gasteiger partial charge >= 0.3 is 0 Å². The fourth-order valence-corrected chi connectivity index (χ4v) is 3.40. The first kappa shape index (κ1) is 14.0. The van der Waals surface area contributed by atoms with Gasteiger partial charge < -0.3 is 5.32 Å². The van der Waals surface area contributed by atoms with E-state index in [1.165, 1.54) is 11.3 Å². The van der Waals surface area contributed by atoms with Crippen molar-refractivity contribution in [1.29, 1.82) is 0 Å². The monoisotopic (exact) mass is 390 g/mol. The highest BCUT2D eigenvalue weighted by Crippen LogP contribution is 2.31. The van der Waals surface area contributed by atoms with E-state index in [1.807, 2.05) is 26.0 Å². The van der Waals surface area contributed by atoms with E-state index in [2.05, 4.69) is 42.2 Å². The number of nitrogens with zero attached hydrogens (tertiary/aromatic N) is 1. The summed E-state index contributed by atoms with van der Waals surface area (Å²) in [5.74, 6) is -0.0479. The minimum atomic E-state index is -0.169. The van der Waals surface area contributed by atoms with Gasteiger partial charge in [-0.25, -0.2) is 4.98 Å². The van der Waals surface area contributed by atoms with E-state index in [1.54, 1.807) is 0 Å². The Labute approximate surface area is 126 Å². The lowest BCUT2D eigenvalue weighted by molar-refractivity contribution is -0.115. The van der Waals surface area contributed by atoms with Crippen molar-refractivity contribution in [2.24, 2.45) is 0 Å². The van der Waals surface area contributed by atoms with Gasteiger partial charge in [0.2, 0.25) is 5.91 Å². The van der Waals surface area contributed by atoms with Crippen LogP contribution < -0.4 is 5.32 Å². The van der Waals surface area contributed by atoms with Gasteiger partial charge in [0.25, 0.3) is 0 Å². The number of amides is 1. The highest BCUT2D eigenvalue weighted by molar-refractivity contribution is 9.10. The smallest absolute Gasteiger partial charge is 0.239 e. The number of anilines is 1. The Balaban J connectivity index is 2.31. The number of alkyl halides is 1. The van der Waals surface area contributed by atoms with Crippen LogP contribution in [0.15, 0.2) is 16.6 Å². The third kappa shape index (κ3) is 2.92. The van der Waals surface area contributed by atoms with Crippen LogP contribution in [0.25, 0.3) is 10.2 Å². The van der Waals surface area contributed by atoms with Gasteiger partial charge in [0.05, 0.1) is 15.0 Å². The fraction of sp³-hybridized carbons (Fsp3) is 0.333. The maximum absolute atomic E-state index is 11.8. The third-order valence-corrected chi connectivity index (χ3v) is 4.96. The number of fused-ring (bicyclic) bond motifs is 1. The van der Waals surface area contributed by atoms with Gasteiger partial charge in [-0.2, -0.15) is 0 Å². The molecule has 1 amide bonds. The van der Waals surface area contributed by atoms with E-state index in [0.717, 1.165) is 26.7 Å². The summed E-state index contributed by atoms with van der Waals surface area (Å²) in [6, 6.07) is 4.04. The Kier molecular flexibility index (Phi) is 4.40. The van der Waals surface area contributed by atoms with E-state index >= 15 is 0 Å². The minimum Gasteiger partial charge on any atom is -0.301 e. The summed E-state index contributed by atoms with van der Waals surface area (Å²) < 4.78 is 2.10. The molecule has 1 aromatic carbocycles. The standard InChI is InChI=1S/C12H12Br2N2OS/c1-3-8(14)11(17)16-12-15-10-6(2)4-7(13)5-9(10)18-12/h4-5,8H,3H2,1-2H3,(H,15,16,17). The molecule has 18 heavy (non-hydrogen) atoms. The molecule has 3 nitrogen and oxygen atoms in total. The molecule has 0 aliphatic rings. The first-order valence-electron chi connectivity index (χ1n) is 5.53. The van der Waals surface area contributed by atoms with Crippen LogP contribution in [0.3, 0.4) is 0 Å². The average Bonchev–Trinajstić information content (AvgIpc) is 2.70. The van der Waals surface area contributed by atoms with Gasteiger partial charge in [-0.15, -0.1) is 0 Å². The number of thiazole rings is 1. The number of carbonyl (C=O) groups is 1. The number of rotatable bonds is 3. The molecule has 1 N–H and O–H groups in total. The van der Waals surface area contributed by atoms with Gasteiger partial charge in [-0.05, 0) is 31.0 Å². The summed E-state index contributed by atoms with van der Waals surface area (Å²) in [6.45, 7) is 3.97. The van der Waals surface area contributed by atoms with Crippen molar-refractivity contribution >= 4 is 64.5 Å². The van der Waals surface area contributed by atoms with E-state index in [9.17, 15) is 4.79 Å². The fourth-order valence-electron chi connectivity index (χ4n) is 1.58. The molecule has 0 radical (unpaired) electrons. The Morgan fingerprint density at radius 3 is 2.94 bits per heavy atom. The van der Waals surface area contributed by atoms with E-state index < -0.39 is 0 Å².